The van der Waals surface area contributed by atoms with Crippen molar-refractivity contribution >= 4 is 69.6 Å². The monoisotopic (exact) mass is 495 g/mol. The molecular formula is C22H20Cl3N3O2S. The fourth-order valence-corrected chi connectivity index (χ4v) is 4.75. The second kappa shape index (κ2) is 9.33. The van der Waals surface area contributed by atoms with Crippen LogP contribution in [-0.4, -0.2) is 45.4 Å². The van der Waals surface area contributed by atoms with Crippen molar-refractivity contribution in [3.63, 3.8) is 0 Å². The molecule has 0 aromatic heterocycles. The molecule has 1 unspecified atom stereocenters. The first-order chi connectivity index (χ1) is 14.8. The van der Waals surface area contributed by atoms with E-state index in [1.54, 1.807) is 41.3 Å². The zero-order valence-corrected chi connectivity index (χ0v) is 19.6. The van der Waals surface area contributed by atoms with Gasteiger partial charge in [-0.2, -0.15) is 0 Å². The van der Waals surface area contributed by atoms with Gasteiger partial charge in [0.1, 0.15) is 6.04 Å². The molecule has 2 aliphatic rings. The van der Waals surface area contributed by atoms with Gasteiger partial charge in [-0.15, -0.1) is 0 Å². The lowest BCUT2D eigenvalue weighted by molar-refractivity contribution is -0.131. The first-order valence-corrected chi connectivity index (χ1v) is 11.5. The van der Waals surface area contributed by atoms with Gasteiger partial charge < -0.3 is 10.2 Å². The molecule has 2 aromatic carbocycles. The zero-order chi connectivity index (χ0) is 22.1. The Hall–Kier alpha value is -1.86. The number of carbonyl (C=O) groups excluding carboxylic acids is 2. The molecule has 1 saturated heterocycles. The fraction of sp³-hybridized carbons (Fsp3) is 0.318. The van der Waals surface area contributed by atoms with E-state index in [4.69, 9.17) is 47.0 Å². The molecule has 1 aliphatic heterocycles. The second-order valence-electron chi connectivity index (χ2n) is 7.68. The van der Waals surface area contributed by atoms with Gasteiger partial charge in [-0.1, -0.05) is 40.9 Å². The Balaban J connectivity index is 1.48. The van der Waals surface area contributed by atoms with E-state index < -0.39 is 6.04 Å². The summed E-state index contributed by atoms with van der Waals surface area (Å²) < 4.78 is 0. The van der Waals surface area contributed by atoms with Gasteiger partial charge >= 0.3 is 0 Å². The van der Waals surface area contributed by atoms with Gasteiger partial charge in [0.25, 0.3) is 5.91 Å². The number of nitrogens with one attached hydrogen (secondary N) is 1. The maximum atomic E-state index is 13.1. The number of halogens is 3. The first kappa shape index (κ1) is 22.3. The van der Waals surface area contributed by atoms with Crippen LogP contribution in [-0.2, 0) is 16.0 Å². The molecule has 2 aromatic rings. The van der Waals surface area contributed by atoms with Crippen LogP contribution >= 0.6 is 47.0 Å². The Morgan fingerprint density at radius 2 is 1.74 bits per heavy atom. The predicted molar refractivity (Wildman–Crippen MR) is 128 cm³/mol. The number of nitrogens with zero attached hydrogens (tertiary/aromatic N) is 2. The van der Waals surface area contributed by atoms with Gasteiger partial charge in [0.15, 0.2) is 5.11 Å². The summed E-state index contributed by atoms with van der Waals surface area (Å²) in [4.78, 5) is 29.3. The van der Waals surface area contributed by atoms with Crippen LogP contribution in [0.3, 0.4) is 0 Å². The smallest absolute Gasteiger partial charge is 0.252 e. The molecule has 0 radical (unpaired) electrons. The highest BCUT2D eigenvalue weighted by Gasteiger charge is 2.48. The molecule has 1 N–H and O–H groups in total. The molecule has 1 atom stereocenters. The lowest BCUT2D eigenvalue weighted by atomic mass is 10.1. The van der Waals surface area contributed by atoms with Crippen molar-refractivity contribution in [2.75, 3.05) is 11.9 Å². The molecule has 1 heterocycles. The number of rotatable bonds is 7. The van der Waals surface area contributed by atoms with Crippen molar-refractivity contribution in [1.29, 1.82) is 0 Å². The summed E-state index contributed by atoms with van der Waals surface area (Å²) in [5.74, 6) is -0.364. The van der Waals surface area contributed by atoms with E-state index >= 15 is 0 Å². The fourth-order valence-electron chi connectivity index (χ4n) is 3.66. The first-order valence-electron chi connectivity index (χ1n) is 9.96. The third-order valence-corrected chi connectivity index (χ3v) is 6.68. The number of carbonyl (C=O) groups is 2. The number of thiocarbonyl (C=S) groups is 1. The summed E-state index contributed by atoms with van der Waals surface area (Å²) in [5.41, 5.74) is 1.54. The molecule has 4 rings (SSSR count). The average molecular weight is 497 g/mol. The van der Waals surface area contributed by atoms with Crippen LogP contribution in [0.4, 0.5) is 5.69 Å². The van der Waals surface area contributed by atoms with E-state index in [1.165, 1.54) is 0 Å². The molecule has 1 aliphatic carbocycles. The lowest BCUT2D eigenvalue weighted by Gasteiger charge is -2.24. The van der Waals surface area contributed by atoms with Crippen molar-refractivity contribution in [3.05, 3.63) is 63.1 Å². The van der Waals surface area contributed by atoms with Gasteiger partial charge in [0, 0.05) is 33.3 Å². The van der Waals surface area contributed by atoms with Crippen LogP contribution in [0.25, 0.3) is 0 Å². The zero-order valence-electron chi connectivity index (χ0n) is 16.5. The molecule has 0 bridgehead atoms. The standard InChI is InChI=1S/C22H20Cl3N3O2S/c23-14-3-5-16(6-4-14)26-20(29)12-19-21(30)28(17-7-8-17)22(31)27(19)10-9-13-1-2-15(24)11-18(13)25/h1-6,11,17,19H,7-10,12H2,(H,26,29). The lowest BCUT2D eigenvalue weighted by Crippen LogP contribution is -2.39. The topological polar surface area (TPSA) is 52.7 Å². The molecule has 5 nitrogen and oxygen atoms in total. The summed E-state index contributed by atoms with van der Waals surface area (Å²) >= 11 is 23.8. The predicted octanol–water partition coefficient (Wildman–Crippen LogP) is 5.18. The minimum absolute atomic E-state index is 0.0131. The highest BCUT2D eigenvalue weighted by Crippen LogP contribution is 2.34. The Morgan fingerprint density at radius 3 is 2.39 bits per heavy atom. The molecule has 9 heteroatoms. The summed E-state index contributed by atoms with van der Waals surface area (Å²) in [6.45, 7) is 0.480. The summed E-state index contributed by atoms with van der Waals surface area (Å²) in [7, 11) is 0. The molecule has 1 saturated carbocycles. The van der Waals surface area contributed by atoms with Crippen LogP contribution in [0.5, 0.6) is 0 Å². The Kier molecular flexibility index (Phi) is 6.72. The number of hydrogen-bond acceptors (Lipinski definition) is 3. The molecule has 162 valence electrons. The van der Waals surface area contributed by atoms with Gasteiger partial charge in [-0.05, 0) is 73.4 Å². The molecule has 2 amide bonds. The number of hydrogen-bond donors (Lipinski definition) is 1. The van der Waals surface area contributed by atoms with E-state index in [2.05, 4.69) is 5.32 Å². The Labute approximate surface area is 201 Å². The molecule has 31 heavy (non-hydrogen) atoms. The van der Waals surface area contributed by atoms with Crippen LogP contribution in [0, 0.1) is 0 Å². The van der Waals surface area contributed by atoms with Crippen molar-refractivity contribution < 1.29 is 9.59 Å². The van der Waals surface area contributed by atoms with E-state index in [0.29, 0.717) is 38.8 Å². The molecular weight excluding hydrogens is 477 g/mol. The average Bonchev–Trinajstić information content (AvgIpc) is 3.52. The molecule has 2 fully saturated rings. The van der Waals surface area contributed by atoms with Crippen LogP contribution in [0.15, 0.2) is 42.5 Å². The summed E-state index contributed by atoms with van der Waals surface area (Å²) in [6, 6.07) is 11.7. The van der Waals surface area contributed by atoms with Crippen molar-refractivity contribution in [1.82, 2.24) is 9.80 Å². The van der Waals surface area contributed by atoms with Crippen LogP contribution in [0.1, 0.15) is 24.8 Å². The number of amides is 2. The van der Waals surface area contributed by atoms with Gasteiger partial charge in [0.2, 0.25) is 5.91 Å². The SMILES string of the molecule is O=C(CC1C(=O)N(C2CC2)C(=S)N1CCc1ccc(Cl)cc1Cl)Nc1ccc(Cl)cc1. The van der Waals surface area contributed by atoms with Gasteiger partial charge in [0.05, 0.1) is 6.42 Å². The van der Waals surface area contributed by atoms with E-state index in [9.17, 15) is 9.59 Å². The van der Waals surface area contributed by atoms with Crippen molar-refractivity contribution in [3.8, 4) is 0 Å². The van der Waals surface area contributed by atoms with Crippen molar-refractivity contribution in [2.24, 2.45) is 0 Å². The minimum atomic E-state index is -0.633. The summed E-state index contributed by atoms with van der Waals surface area (Å²) in [5, 5.41) is 5.04. The maximum absolute atomic E-state index is 13.1. The molecule has 0 spiro atoms. The highest BCUT2D eigenvalue weighted by molar-refractivity contribution is 7.80. The largest absolute Gasteiger partial charge is 0.336 e. The maximum Gasteiger partial charge on any atom is 0.252 e. The van der Waals surface area contributed by atoms with Crippen LogP contribution < -0.4 is 5.32 Å². The third kappa shape index (κ3) is 5.14. The van der Waals surface area contributed by atoms with Gasteiger partial charge in [-0.25, -0.2) is 0 Å². The highest BCUT2D eigenvalue weighted by atomic mass is 35.5. The Bertz CT molecular complexity index is 1030. The van der Waals surface area contributed by atoms with Crippen molar-refractivity contribution in [2.45, 2.75) is 37.8 Å². The number of anilines is 1. The Morgan fingerprint density at radius 1 is 1.06 bits per heavy atom. The van der Waals surface area contributed by atoms with Gasteiger partial charge in [-0.3, -0.25) is 14.5 Å². The number of benzene rings is 2. The van der Waals surface area contributed by atoms with Crippen LogP contribution in [0.2, 0.25) is 15.1 Å². The van der Waals surface area contributed by atoms with E-state index in [-0.39, 0.29) is 24.3 Å². The minimum Gasteiger partial charge on any atom is -0.336 e. The second-order valence-corrected chi connectivity index (χ2v) is 9.32. The van der Waals surface area contributed by atoms with E-state index in [1.807, 2.05) is 11.0 Å². The third-order valence-electron chi connectivity index (χ3n) is 5.41. The van der Waals surface area contributed by atoms with E-state index in [0.717, 1.165) is 18.4 Å². The summed E-state index contributed by atoms with van der Waals surface area (Å²) in [6.07, 6.45) is 2.47. The normalized spacial score (nSPS) is 18.6. The quantitative estimate of drug-likeness (QED) is 0.537.